The zero-order chi connectivity index (χ0) is 23.9. The average Bonchev–Trinajstić information content (AvgIpc) is 3.16. The Bertz CT molecular complexity index is 1220. The number of imidazole rings is 1. The molecule has 3 aromatic rings. The lowest BCUT2D eigenvalue weighted by atomic mass is 10.1. The van der Waals surface area contributed by atoms with Crippen LogP contribution in [0.5, 0.6) is 0 Å². The van der Waals surface area contributed by atoms with Crippen LogP contribution in [0.15, 0.2) is 30.3 Å². The Hall–Kier alpha value is -2.68. The monoisotopic (exact) mass is 492 g/mol. The minimum atomic E-state index is -0.769. The average molecular weight is 493 g/mol. The molecule has 2 heterocycles. The summed E-state index contributed by atoms with van der Waals surface area (Å²) in [5, 5.41) is 3.54. The van der Waals surface area contributed by atoms with Crippen LogP contribution in [-0.4, -0.2) is 58.0 Å². The highest BCUT2D eigenvalue weighted by Crippen LogP contribution is 2.33. The van der Waals surface area contributed by atoms with Crippen molar-refractivity contribution >= 4 is 46.1 Å². The maximum Gasteiger partial charge on any atom is 0.330 e. The number of aromatic amines is 1. The van der Waals surface area contributed by atoms with Gasteiger partial charge in [-0.1, -0.05) is 29.3 Å². The summed E-state index contributed by atoms with van der Waals surface area (Å²) in [6, 6.07) is 6.66. The minimum absolute atomic E-state index is 0.117. The number of piperazine rings is 1. The van der Waals surface area contributed by atoms with Gasteiger partial charge in [-0.15, -0.1) is 0 Å². The van der Waals surface area contributed by atoms with E-state index in [9.17, 15) is 14.0 Å². The second-order valence-electron chi connectivity index (χ2n) is 8.79. The quantitative estimate of drug-likeness (QED) is 0.528. The molecule has 7 nitrogen and oxygen atoms in total. The summed E-state index contributed by atoms with van der Waals surface area (Å²) in [7, 11) is 0. The standard InChI is InChI=1S/C23H23Cl2FN4O3/c1-23(2,3)33-22(32)17-11-27-7-8-30(17)21(31)12-9-14(25)19-16(10-12)28-20(29-19)18-13(24)5-4-6-15(18)26/h4-6,9-10,17,27H,7-8,11H2,1-3H3,(H,28,29). The van der Waals surface area contributed by atoms with E-state index in [-0.39, 0.29) is 39.4 Å². The highest BCUT2D eigenvalue weighted by atomic mass is 35.5. The van der Waals surface area contributed by atoms with Crippen LogP contribution in [-0.2, 0) is 9.53 Å². The van der Waals surface area contributed by atoms with Gasteiger partial charge in [0.05, 0.1) is 21.1 Å². The Labute approximate surface area is 200 Å². The van der Waals surface area contributed by atoms with Crippen LogP contribution >= 0.6 is 23.2 Å². The van der Waals surface area contributed by atoms with Crippen molar-refractivity contribution in [1.29, 1.82) is 0 Å². The first kappa shape index (κ1) is 23.5. The number of amides is 1. The van der Waals surface area contributed by atoms with Crippen LogP contribution in [0.1, 0.15) is 31.1 Å². The molecule has 1 fully saturated rings. The van der Waals surface area contributed by atoms with Crippen molar-refractivity contribution in [1.82, 2.24) is 20.2 Å². The third-order valence-electron chi connectivity index (χ3n) is 5.17. The Morgan fingerprint density at radius 1 is 1.21 bits per heavy atom. The number of nitrogens with zero attached hydrogens (tertiary/aromatic N) is 2. The van der Waals surface area contributed by atoms with Crippen molar-refractivity contribution < 1.29 is 18.7 Å². The van der Waals surface area contributed by atoms with Crippen molar-refractivity contribution in [2.24, 2.45) is 0 Å². The summed E-state index contributed by atoms with van der Waals surface area (Å²) in [6.45, 7) is 6.49. The molecule has 0 spiro atoms. The number of fused-ring (bicyclic) bond motifs is 1. The SMILES string of the molecule is CC(C)(C)OC(=O)C1CNCCN1C(=O)c1cc(Cl)c2nc(-c3c(F)cccc3Cl)[nH]c2c1. The molecule has 174 valence electrons. The maximum absolute atomic E-state index is 14.4. The summed E-state index contributed by atoms with van der Waals surface area (Å²) in [5.74, 6) is -1.17. The Kier molecular flexibility index (Phi) is 6.35. The van der Waals surface area contributed by atoms with Crippen LogP contribution < -0.4 is 5.32 Å². The lowest BCUT2D eigenvalue weighted by molar-refractivity contribution is -0.161. The molecule has 2 N–H and O–H groups in total. The molecule has 0 radical (unpaired) electrons. The zero-order valence-electron chi connectivity index (χ0n) is 18.3. The highest BCUT2D eigenvalue weighted by Gasteiger charge is 2.36. The van der Waals surface area contributed by atoms with Gasteiger partial charge in [-0.05, 0) is 45.0 Å². The number of carbonyl (C=O) groups excluding carboxylic acids is 2. The van der Waals surface area contributed by atoms with Crippen LogP contribution in [0.4, 0.5) is 4.39 Å². The molecular formula is C23H23Cl2FN4O3. The molecule has 1 saturated heterocycles. The molecule has 0 bridgehead atoms. The van der Waals surface area contributed by atoms with E-state index in [0.717, 1.165) is 0 Å². The van der Waals surface area contributed by atoms with Crippen molar-refractivity contribution in [3.05, 3.63) is 51.8 Å². The molecular weight excluding hydrogens is 470 g/mol. The van der Waals surface area contributed by atoms with Crippen LogP contribution in [0.2, 0.25) is 10.0 Å². The Morgan fingerprint density at radius 2 is 1.97 bits per heavy atom. The summed E-state index contributed by atoms with van der Waals surface area (Å²) in [4.78, 5) is 35.0. The van der Waals surface area contributed by atoms with E-state index in [1.54, 1.807) is 32.9 Å². The Balaban J connectivity index is 1.69. The fraction of sp³-hybridized carbons (Fsp3) is 0.348. The molecule has 1 aliphatic heterocycles. The van der Waals surface area contributed by atoms with Gasteiger partial charge in [0.1, 0.15) is 28.8 Å². The first-order valence-corrected chi connectivity index (χ1v) is 11.2. The molecule has 10 heteroatoms. The summed E-state index contributed by atoms with van der Waals surface area (Å²) in [5.41, 5.74) is 0.547. The summed E-state index contributed by atoms with van der Waals surface area (Å²) >= 11 is 12.6. The molecule has 1 atom stereocenters. The van der Waals surface area contributed by atoms with E-state index in [1.807, 2.05) is 0 Å². The molecule has 1 aromatic heterocycles. The number of esters is 1. The van der Waals surface area contributed by atoms with Gasteiger partial charge < -0.3 is 19.9 Å². The largest absolute Gasteiger partial charge is 0.458 e. The maximum atomic E-state index is 14.4. The number of ether oxygens (including phenoxy) is 1. The first-order chi connectivity index (χ1) is 15.5. The number of hydrogen-bond donors (Lipinski definition) is 2. The smallest absolute Gasteiger partial charge is 0.330 e. The predicted molar refractivity (Wildman–Crippen MR) is 125 cm³/mol. The van der Waals surface area contributed by atoms with E-state index in [4.69, 9.17) is 27.9 Å². The van der Waals surface area contributed by atoms with Crippen LogP contribution in [0, 0.1) is 5.82 Å². The molecule has 1 amide bonds. The number of rotatable bonds is 3. The fourth-order valence-corrected chi connectivity index (χ4v) is 4.25. The van der Waals surface area contributed by atoms with Crippen molar-refractivity contribution in [2.45, 2.75) is 32.4 Å². The lowest BCUT2D eigenvalue weighted by Crippen LogP contribution is -2.58. The van der Waals surface area contributed by atoms with Crippen molar-refractivity contribution in [3.63, 3.8) is 0 Å². The second-order valence-corrected chi connectivity index (χ2v) is 9.60. The van der Waals surface area contributed by atoms with Gasteiger partial charge in [-0.25, -0.2) is 14.2 Å². The highest BCUT2D eigenvalue weighted by molar-refractivity contribution is 6.35. The number of hydrogen-bond acceptors (Lipinski definition) is 5. The fourth-order valence-electron chi connectivity index (χ4n) is 3.73. The minimum Gasteiger partial charge on any atom is -0.458 e. The van der Waals surface area contributed by atoms with Crippen molar-refractivity contribution in [3.8, 4) is 11.4 Å². The van der Waals surface area contributed by atoms with Crippen LogP contribution in [0.25, 0.3) is 22.4 Å². The number of aromatic nitrogens is 2. The number of H-pyrrole nitrogens is 1. The number of nitrogens with one attached hydrogen (secondary N) is 2. The number of carbonyl (C=O) groups is 2. The molecule has 1 unspecified atom stereocenters. The third-order valence-corrected chi connectivity index (χ3v) is 5.77. The second kappa shape index (κ2) is 8.93. The normalized spacial score (nSPS) is 16.8. The zero-order valence-corrected chi connectivity index (χ0v) is 19.9. The molecule has 2 aromatic carbocycles. The molecule has 4 rings (SSSR count). The topological polar surface area (TPSA) is 87.3 Å². The predicted octanol–water partition coefficient (Wildman–Crippen LogP) is 4.43. The third kappa shape index (κ3) is 4.83. The summed E-state index contributed by atoms with van der Waals surface area (Å²) in [6.07, 6.45) is 0. The van der Waals surface area contributed by atoms with Crippen LogP contribution in [0.3, 0.4) is 0 Å². The summed E-state index contributed by atoms with van der Waals surface area (Å²) < 4.78 is 19.9. The van der Waals surface area contributed by atoms with Gasteiger partial charge in [-0.3, -0.25) is 4.79 Å². The number of benzene rings is 2. The van der Waals surface area contributed by atoms with E-state index in [2.05, 4.69) is 15.3 Å². The Morgan fingerprint density at radius 3 is 2.67 bits per heavy atom. The first-order valence-electron chi connectivity index (χ1n) is 10.4. The molecule has 0 aliphatic carbocycles. The van der Waals surface area contributed by atoms with E-state index >= 15 is 0 Å². The van der Waals surface area contributed by atoms with Gasteiger partial charge in [-0.2, -0.15) is 0 Å². The lowest BCUT2D eigenvalue weighted by Gasteiger charge is -2.36. The van der Waals surface area contributed by atoms with Gasteiger partial charge in [0, 0.05) is 25.2 Å². The van der Waals surface area contributed by atoms with Gasteiger partial charge >= 0.3 is 5.97 Å². The van der Waals surface area contributed by atoms with Gasteiger partial charge in [0.2, 0.25) is 0 Å². The molecule has 1 aliphatic rings. The molecule has 0 saturated carbocycles. The molecule has 33 heavy (non-hydrogen) atoms. The van der Waals surface area contributed by atoms with Gasteiger partial charge in [0.25, 0.3) is 5.91 Å². The van der Waals surface area contributed by atoms with E-state index in [1.165, 1.54) is 23.1 Å². The van der Waals surface area contributed by atoms with Crippen molar-refractivity contribution in [2.75, 3.05) is 19.6 Å². The van der Waals surface area contributed by atoms with E-state index < -0.39 is 23.4 Å². The number of halogens is 3. The van der Waals surface area contributed by atoms with Gasteiger partial charge in [0.15, 0.2) is 0 Å². The van der Waals surface area contributed by atoms with E-state index in [0.29, 0.717) is 24.1 Å².